The van der Waals surface area contributed by atoms with Gasteiger partial charge in [0.05, 0.1) is 0 Å². The van der Waals surface area contributed by atoms with Crippen molar-refractivity contribution in [2.45, 2.75) is 13.8 Å². The zero-order chi connectivity index (χ0) is 6.85. The van der Waals surface area contributed by atoms with E-state index in [0.29, 0.717) is 0 Å². The molecule has 1 aliphatic carbocycles. The summed E-state index contributed by atoms with van der Waals surface area (Å²) in [5.74, 6) is 0.142. The van der Waals surface area contributed by atoms with Crippen LogP contribution in [0.25, 0.3) is 0 Å². The summed E-state index contributed by atoms with van der Waals surface area (Å²) in [4.78, 5) is 10.7. The molecular weight excluding hydrogens is 112 g/mol. The van der Waals surface area contributed by atoms with Gasteiger partial charge in [0.1, 0.15) is 0 Å². The number of carbonyl (C=O) groups is 1. The maximum absolute atomic E-state index is 10.7. The van der Waals surface area contributed by atoms with E-state index < -0.39 is 0 Å². The van der Waals surface area contributed by atoms with Crippen molar-refractivity contribution in [2.75, 3.05) is 0 Å². The van der Waals surface area contributed by atoms with Crippen LogP contribution >= 0.6 is 0 Å². The topological polar surface area (TPSA) is 17.1 Å². The van der Waals surface area contributed by atoms with Gasteiger partial charge in [-0.05, 0) is 13.8 Å². The molecule has 0 aromatic rings. The van der Waals surface area contributed by atoms with Crippen LogP contribution in [0, 0.1) is 6.42 Å². The van der Waals surface area contributed by atoms with E-state index in [2.05, 4.69) is 0 Å². The summed E-state index contributed by atoms with van der Waals surface area (Å²) in [6.07, 6.45) is 5.68. The van der Waals surface area contributed by atoms with Crippen LogP contribution in [0.2, 0.25) is 0 Å². The molecule has 1 heteroatoms. The Bertz CT molecular complexity index is 197. The molecule has 0 heterocycles. The van der Waals surface area contributed by atoms with Gasteiger partial charge < -0.3 is 0 Å². The molecule has 0 bridgehead atoms. The number of allylic oxidation sites excluding steroid dienone is 4. The minimum Gasteiger partial charge on any atom is -0.295 e. The third-order valence-corrected chi connectivity index (χ3v) is 1.32. The van der Waals surface area contributed by atoms with Gasteiger partial charge >= 0.3 is 0 Å². The van der Waals surface area contributed by atoms with Crippen LogP contribution < -0.4 is 0 Å². The van der Waals surface area contributed by atoms with Gasteiger partial charge in [0, 0.05) is 12.0 Å². The van der Waals surface area contributed by atoms with Crippen LogP contribution in [0.15, 0.2) is 23.3 Å². The highest BCUT2D eigenvalue weighted by Crippen LogP contribution is 2.15. The lowest BCUT2D eigenvalue weighted by Gasteiger charge is -1.88. The first-order chi connectivity index (χ1) is 4.20. The summed E-state index contributed by atoms with van der Waals surface area (Å²) < 4.78 is 0. The standard InChI is InChI=1S/C8H9O/c1-6-3-4-8(5-6)7(2)9/h3-5H,1-2H3. The summed E-state index contributed by atoms with van der Waals surface area (Å²) in [7, 11) is 0. The second-order valence-electron chi connectivity index (χ2n) is 2.23. The monoisotopic (exact) mass is 121 g/mol. The van der Waals surface area contributed by atoms with Gasteiger partial charge in [0.15, 0.2) is 5.78 Å². The SMILES string of the molecule is CC(=O)C1=CC(C)=C[CH]1. The second-order valence-corrected chi connectivity index (χ2v) is 2.23. The molecule has 0 aliphatic heterocycles. The third kappa shape index (κ3) is 1.28. The molecule has 0 atom stereocenters. The van der Waals surface area contributed by atoms with Crippen molar-refractivity contribution in [3.05, 3.63) is 29.7 Å². The number of ketones is 1. The molecule has 1 nitrogen and oxygen atoms in total. The first kappa shape index (κ1) is 6.27. The molecule has 0 saturated carbocycles. The molecule has 1 rings (SSSR count). The molecule has 1 radical (unpaired) electrons. The minimum atomic E-state index is 0.142. The quantitative estimate of drug-likeness (QED) is 0.515. The van der Waals surface area contributed by atoms with Crippen molar-refractivity contribution < 1.29 is 4.79 Å². The van der Waals surface area contributed by atoms with Crippen LogP contribution in [0.1, 0.15) is 13.8 Å². The van der Waals surface area contributed by atoms with E-state index >= 15 is 0 Å². The summed E-state index contributed by atoms with van der Waals surface area (Å²) in [6.45, 7) is 3.56. The van der Waals surface area contributed by atoms with Crippen molar-refractivity contribution in [3.63, 3.8) is 0 Å². The second kappa shape index (κ2) is 2.18. The molecule has 0 spiro atoms. The maximum atomic E-state index is 10.7. The highest BCUT2D eigenvalue weighted by Gasteiger charge is 2.06. The van der Waals surface area contributed by atoms with E-state index in [1.807, 2.05) is 25.5 Å². The Labute approximate surface area is 55.1 Å². The summed E-state index contributed by atoms with van der Waals surface area (Å²) >= 11 is 0. The Morgan fingerprint density at radius 3 is 2.44 bits per heavy atom. The molecule has 0 fully saturated rings. The van der Waals surface area contributed by atoms with Gasteiger partial charge in [0.2, 0.25) is 0 Å². The molecule has 0 amide bonds. The van der Waals surface area contributed by atoms with Crippen molar-refractivity contribution in [3.8, 4) is 0 Å². The summed E-state index contributed by atoms with van der Waals surface area (Å²) in [5.41, 5.74) is 1.97. The number of hydrogen-bond acceptors (Lipinski definition) is 1. The lowest BCUT2D eigenvalue weighted by atomic mass is 10.2. The molecule has 0 unspecified atom stereocenters. The fourth-order valence-corrected chi connectivity index (χ4v) is 0.782. The van der Waals surface area contributed by atoms with E-state index in [4.69, 9.17) is 0 Å². The largest absolute Gasteiger partial charge is 0.295 e. The van der Waals surface area contributed by atoms with Crippen molar-refractivity contribution in [2.24, 2.45) is 0 Å². The Morgan fingerprint density at radius 1 is 1.56 bits per heavy atom. The van der Waals surface area contributed by atoms with Gasteiger partial charge in [-0.15, -0.1) is 0 Å². The predicted octanol–water partition coefficient (Wildman–Crippen LogP) is 1.67. The van der Waals surface area contributed by atoms with E-state index in [9.17, 15) is 4.79 Å². The number of hydrogen-bond donors (Lipinski definition) is 0. The molecule has 1 aliphatic rings. The Balaban J connectivity index is 2.71. The van der Waals surface area contributed by atoms with Gasteiger partial charge in [0.25, 0.3) is 0 Å². The van der Waals surface area contributed by atoms with E-state index in [0.717, 1.165) is 11.1 Å². The molecule has 47 valence electrons. The van der Waals surface area contributed by atoms with Gasteiger partial charge in [-0.3, -0.25) is 4.79 Å². The Hall–Kier alpha value is -0.850. The van der Waals surface area contributed by atoms with Crippen LogP contribution in [-0.2, 0) is 4.79 Å². The fourth-order valence-electron chi connectivity index (χ4n) is 0.782. The number of carbonyl (C=O) groups excluding carboxylic acids is 1. The molecule has 0 aromatic heterocycles. The van der Waals surface area contributed by atoms with Crippen LogP contribution in [0.4, 0.5) is 0 Å². The van der Waals surface area contributed by atoms with Crippen molar-refractivity contribution in [1.82, 2.24) is 0 Å². The van der Waals surface area contributed by atoms with Crippen molar-refractivity contribution >= 4 is 5.78 Å². The summed E-state index contributed by atoms with van der Waals surface area (Å²) in [6, 6.07) is 0. The normalized spacial score (nSPS) is 17.1. The average Bonchev–Trinajstić information content (AvgIpc) is 2.14. The molecule has 9 heavy (non-hydrogen) atoms. The molecule has 0 aromatic carbocycles. The van der Waals surface area contributed by atoms with Gasteiger partial charge in [-0.1, -0.05) is 17.7 Å². The fraction of sp³-hybridized carbons (Fsp3) is 0.250. The maximum Gasteiger partial charge on any atom is 0.156 e. The van der Waals surface area contributed by atoms with Crippen molar-refractivity contribution in [1.29, 1.82) is 0 Å². The Kier molecular flexibility index (Phi) is 1.52. The van der Waals surface area contributed by atoms with E-state index in [1.165, 1.54) is 0 Å². The lowest BCUT2D eigenvalue weighted by Crippen LogP contribution is -1.91. The molecular formula is C8H9O. The minimum absolute atomic E-state index is 0.142. The van der Waals surface area contributed by atoms with E-state index in [-0.39, 0.29) is 5.78 Å². The highest BCUT2D eigenvalue weighted by molar-refractivity contribution is 5.97. The average molecular weight is 121 g/mol. The molecule has 0 N–H and O–H groups in total. The number of Topliss-reactive ketones (excluding diaryl/α,β-unsaturated/α-hetero) is 1. The predicted molar refractivity (Wildman–Crippen MR) is 36.8 cm³/mol. The lowest BCUT2D eigenvalue weighted by molar-refractivity contribution is -0.113. The first-order valence-corrected chi connectivity index (χ1v) is 2.94. The van der Waals surface area contributed by atoms with Gasteiger partial charge in [-0.25, -0.2) is 0 Å². The Morgan fingerprint density at radius 2 is 2.22 bits per heavy atom. The first-order valence-electron chi connectivity index (χ1n) is 2.94. The zero-order valence-corrected chi connectivity index (χ0v) is 5.64. The van der Waals surface area contributed by atoms with Crippen LogP contribution in [0.5, 0.6) is 0 Å². The molecule has 0 saturated heterocycles. The van der Waals surface area contributed by atoms with Crippen LogP contribution in [0.3, 0.4) is 0 Å². The van der Waals surface area contributed by atoms with E-state index in [1.54, 1.807) is 6.92 Å². The smallest absolute Gasteiger partial charge is 0.156 e. The number of rotatable bonds is 1. The highest BCUT2D eigenvalue weighted by atomic mass is 16.1. The van der Waals surface area contributed by atoms with Crippen LogP contribution in [-0.4, -0.2) is 5.78 Å². The third-order valence-electron chi connectivity index (χ3n) is 1.32. The summed E-state index contributed by atoms with van der Waals surface area (Å²) in [5, 5.41) is 0. The van der Waals surface area contributed by atoms with Gasteiger partial charge in [-0.2, -0.15) is 0 Å². The zero-order valence-electron chi connectivity index (χ0n) is 5.64.